The third-order valence-electron chi connectivity index (χ3n) is 8.19. The highest BCUT2D eigenvalue weighted by atomic mass is 35.5. The molecule has 2 atom stereocenters. The van der Waals surface area contributed by atoms with Crippen LogP contribution in [0.3, 0.4) is 0 Å². The average Bonchev–Trinajstić information content (AvgIpc) is 3.33. The molecule has 2 unspecified atom stereocenters. The fraction of sp³-hybridized carbons (Fsp3) is 0.333. The first-order chi connectivity index (χ1) is 14.2. The van der Waals surface area contributed by atoms with Crippen molar-refractivity contribution in [3.8, 4) is 11.1 Å². The smallest absolute Gasteiger partial charge is 0.136 e. The van der Waals surface area contributed by atoms with Gasteiger partial charge < -0.3 is 4.42 Å². The molecule has 4 aliphatic rings. The number of hydrogen-bond donors (Lipinski definition) is 0. The molecule has 2 heteroatoms. The highest BCUT2D eigenvalue weighted by Crippen LogP contribution is 2.65. The molecule has 4 fully saturated rings. The van der Waals surface area contributed by atoms with Gasteiger partial charge in [0.2, 0.25) is 0 Å². The van der Waals surface area contributed by atoms with Crippen molar-refractivity contribution in [1.29, 1.82) is 0 Å². The van der Waals surface area contributed by atoms with Crippen molar-refractivity contribution >= 4 is 33.5 Å². The molecule has 1 nitrogen and oxygen atoms in total. The zero-order valence-corrected chi connectivity index (χ0v) is 17.1. The van der Waals surface area contributed by atoms with Gasteiger partial charge in [-0.25, -0.2) is 0 Å². The van der Waals surface area contributed by atoms with E-state index in [4.69, 9.17) is 16.0 Å². The number of rotatable bonds is 2. The molecule has 0 amide bonds. The van der Waals surface area contributed by atoms with Crippen molar-refractivity contribution in [1.82, 2.24) is 0 Å². The van der Waals surface area contributed by atoms with E-state index in [9.17, 15) is 0 Å². The Morgan fingerprint density at radius 1 is 0.828 bits per heavy atom. The van der Waals surface area contributed by atoms with E-state index in [2.05, 4.69) is 48.5 Å². The Hall–Kier alpha value is -2.25. The van der Waals surface area contributed by atoms with Crippen molar-refractivity contribution in [3.05, 3.63) is 71.2 Å². The van der Waals surface area contributed by atoms with E-state index >= 15 is 0 Å². The van der Waals surface area contributed by atoms with Crippen LogP contribution in [0, 0.1) is 17.8 Å². The van der Waals surface area contributed by atoms with Gasteiger partial charge in [0.25, 0.3) is 0 Å². The molecule has 1 aromatic heterocycles. The maximum absolute atomic E-state index is 6.26. The maximum Gasteiger partial charge on any atom is 0.136 e. The first kappa shape index (κ1) is 16.5. The molecule has 0 saturated heterocycles. The fourth-order valence-electron chi connectivity index (χ4n) is 7.19. The van der Waals surface area contributed by atoms with Crippen LogP contribution in [0.4, 0.5) is 0 Å². The summed E-state index contributed by atoms with van der Waals surface area (Å²) in [5.74, 6) is 2.93. The van der Waals surface area contributed by atoms with Crippen LogP contribution in [-0.2, 0) is 5.41 Å². The Morgan fingerprint density at radius 3 is 2.38 bits per heavy atom. The van der Waals surface area contributed by atoms with Gasteiger partial charge in [-0.15, -0.1) is 0 Å². The second-order valence-corrected chi connectivity index (χ2v) is 10.2. The Morgan fingerprint density at radius 2 is 1.62 bits per heavy atom. The molecule has 29 heavy (non-hydrogen) atoms. The van der Waals surface area contributed by atoms with Gasteiger partial charge in [-0.3, -0.25) is 0 Å². The van der Waals surface area contributed by atoms with Crippen molar-refractivity contribution < 1.29 is 4.42 Å². The number of furan rings is 1. The zero-order valence-electron chi connectivity index (χ0n) is 16.3. The molecular formula is C27H23ClO. The quantitative estimate of drug-likeness (QED) is 0.333. The minimum atomic E-state index is 0.420. The summed E-state index contributed by atoms with van der Waals surface area (Å²) in [7, 11) is 0. The molecule has 144 valence electrons. The van der Waals surface area contributed by atoms with Crippen molar-refractivity contribution in [3.63, 3.8) is 0 Å². The topological polar surface area (TPSA) is 13.1 Å². The summed E-state index contributed by atoms with van der Waals surface area (Å²) in [6.45, 7) is 0. The summed E-state index contributed by atoms with van der Waals surface area (Å²) in [5.41, 5.74) is 6.35. The van der Waals surface area contributed by atoms with Gasteiger partial charge in [-0.05, 0) is 102 Å². The van der Waals surface area contributed by atoms with Crippen LogP contribution >= 0.6 is 11.6 Å². The van der Waals surface area contributed by atoms with Crippen LogP contribution in [0.25, 0.3) is 33.1 Å². The van der Waals surface area contributed by atoms with Gasteiger partial charge in [0.15, 0.2) is 0 Å². The molecule has 0 aliphatic heterocycles. The Bertz CT molecular complexity index is 1250. The normalized spacial score (nSPS) is 30.0. The molecule has 4 aliphatic carbocycles. The first-order valence-corrected chi connectivity index (χ1v) is 11.3. The van der Waals surface area contributed by atoms with Gasteiger partial charge in [-0.2, -0.15) is 0 Å². The van der Waals surface area contributed by atoms with Crippen molar-refractivity contribution in [2.45, 2.75) is 37.5 Å². The summed E-state index contributed by atoms with van der Waals surface area (Å²) < 4.78 is 6.26. The molecule has 0 N–H and O–H groups in total. The van der Waals surface area contributed by atoms with E-state index < -0.39 is 0 Å². The second-order valence-electron chi connectivity index (χ2n) is 9.75. The lowest BCUT2D eigenvalue weighted by Crippen LogP contribution is -2.31. The number of halogens is 1. The molecule has 4 aromatic rings. The molecule has 0 radical (unpaired) electrons. The third kappa shape index (κ3) is 2.28. The molecule has 4 bridgehead atoms. The predicted octanol–water partition coefficient (Wildman–Crippen LogP) is 7.98. The number of fused-ring (bicyclic) bond motifs is 3. The van der Waals surface area contributed by atoms with Crippen molar-refractivity contribution in [2.24, 2.45) is 17.8 Å². The summed E-state index contributed by atoms with van der Waals surface area (Å²) in [4.78, 5) is 0. The lowest BCUT2D eigenvalue weighted by molar-refractivity contribution is 0.229. The minimum Gasteiger partial charge on any atom is -0.456 e. The number of benzene rings is 3. The van der Waals surface area contributed by atoms with Crippen LogP contribution in [0.5, 0.6) is 0 Å². The first-order valence-electron chi connectivity index (χ1n) is 10.9. The lowest BCUT2D eigenvalue weighted by Gasteiger charge is -2.39. The highest BCUT2D eigenvalue weighted by molar-refractivity contribution is 6.30. The van der Waals surface area contributed by atoms with Crippen LogP contribution < -0.4 is 0 Å². The van der Waals surface area contributed by atoms with E-state index in [1.165, 1.54) is 54.0 Å². The van der Waals surface area contributed by atoms with E-state index in [1.54, 1.807) is 5.56 Å². The summed E-state index contributed by atoms with van der Waals surface area (Å²) in [5, 5.41) is 3.27. The Labute approximate surface area is 175 Å². The van der Waals surface area contributed by atoms with Crippen LogP contribution in [0.2, 0.25) is 5.02 Å². The molecule has 3 aromatic carbocycles. The predicted molar refractivity (Wildman–Crippen MR) is 119 cm³/mol. The maximum atomic E-state index is 6.26. The van der Waals surface area contributed by atoms with Crippen molar-refractivity contribution in [2.75, 3.05) is 0 Å². The average molecular weight is 399 g/mol. The van der Waals surface area contributed by atoms with Gasteiger partial charge in [0.05, 0.1) is 0 Å². The number of hydrogen-bond acceptors (Lipinski definition) is 1. The molecule has 0 spiro atoms. The zero-order chi connectivity index (χ0) is 19.2. The van der Waals surface area contributed by atoms with E-state index in [0.717, 1.165) is 33.9 Å². The van der Waals surface area contributed by atoms with E-state index in [-0.39, 0.29) is 0 Å². The van der Waals surface area contributed by atoms with Crippen LogP contribution in [-0.4, -0.2) is 0 Å². The minimum absolute atomic E-state index is 0.420. The van der Waals surface area contributed by atoms with Crippen LogP contribution in [0.1, 0.15) is 37.7 Å². The highest BCUT2D eigenvalue weighted by Gasteiger charge is 2.56. The van der Waals surface area contributed by atoms with Gasteiger partial charge in [0.1, 0.15) is 11.2 Å². The molecular weight excluding hydrogens is 376 g/mol. The standard InChI is InChI=1S/C27H23ClO/c28-21-7-4-17(5-8-21)22-2-1-3-25-26(22)23-12-20(6-9-24(23)29-25)27-13-16-10-18(14-27)19(11-16)15-27/h1-9,12,16,18-19H,10-11,13-15H2. The van der Waals surface area contributed by atoms with Gasteiger partial charge >= 0.3 is 0 Å². The van der Waals surface area contributed by atoms with E-state index in [0.29, 0.717) is 5.41 Å². The molecule has 4 saturated carbocycles. The summed E-state index contributed by atoms with van der Waals surface area (Å²) in [6.07, 6.45) is 7.18. The lowest BCUT2D eigenvalue weighted by atomic mass is 9.65. The molecule has 8 rings (SSSR count). The van der Waals surface area contributed by atoms with Crippen LogP contribution in [0.15, 0.2) is 65.1 Å². The van der Waals surface area contributed by atoms with E-state index in [1.807, 2.05) is 12.1 Å². The third-order valence-corrected chi connectivity index (χ3v) is 8.44. The second kappa shape index (κ2) is 5.67. The van der Waals surface area contributed by atoms with Gasteiger partial charge in [0, 0.05) is 15.8 Å². The molecule has 1 heterocycles. The SMILES string of the molecule is Clc1ccc(-c2cccc3oc4ccc(C56CC7CC(C5)C(C7)C6)cc4c23)cc1. The summed E-state index contributed by atoms with van der Waals surface area (Å²) >= 11 is 6.13. The summed E-state index contributed by atoms with van der Waals surface area (Å²) in [6, 6.07) is 21.6. The fourth-order valence-corrected chi connectivity index (χ4v) is 7.32. The Kier molecular flexibility index (Phi) is 3.23. The Balaban J connectivity index is 1.44. The largest absolute Gasteiger partial charge is 0.456 e. The van der Waals surface area contributed by atoms with Gasteiger partial charge in [-0.1, -0.05) is 41.9 Å². The monoisotopic (exact) mass is 398 g/mol.